The van der Waals surface area contributed by atoms with E-state index in [0.717, 1.165) is 6.42 Å². The number of sulfonamides is 1. The highest BCUT2D eigenvalue weighted by Gasteiger charge is 2.23. The molecule has 1 amide bonds. The lowest BCUT2D eigenvalue weighted by Gasteiger charge is -2.19. The molecule has 0 spiro atoms. The Morgan fingerprint density at radius 1 is 1.07 bits per heavy atom. The Kier molecular flexibility index (Phi) is 7.17. The summed E-state index contributed by atoms with van der Waals surface area (Å²) in [7, 11) is -2.30. The molecule has 0 aromatic heterocycles. The van der Waals surface area contributed by atoms with E-state index in [1.807, 2.05) is 6.92 Å². The molecule has 0 aliphatic carbocycles. The summed E-state index contributed by atoms with van der Waals surface area (Å²) in [6.45, 7) is 3.90. The fourth-order valence-corrected chi connectivity index (χ4v) is 3.57. The largest absolute Gasteiger partial charge is 0.449 e. The third kappa shape index (κ3) is 5.10. The van der Waals surface area contributed by atoms with Crippen LogP contribution in [-0.4, -0.2) is 40.0 Å². The van der Waals surface area contributed by atoms with Crippen LogP contribution in [0, 0.1) is 0 Å². The van der Waals surface area contributed by atoms with Gasteiger partial charge in [0, 0.05) is 13.6 Å². The molecule has 150 valence electrons. The third-order valence-corrected chi connectivity index (χ3v) is 5.87. The van der Waals surface area contributed by atoms with E-state index in [-0.39, 0.29) is 16.4 Å². The van der Waals surface area contributed by atoms with Gasteiger partial charge in [0.15, 0.2) is 6.10 Å². The Morgan fingerprint density at radius 3 is 2.25 bits per heavy atom. The number of anilines is 1. The topological polar surface area (TPSA) is 92.8 Å². The Labute approximate surface area is 165 Å². The number of nitrogens with zero attached hydrogens (tertiary/aromatic N) is 1. The van der Waals surface area contributed by atoms with Crippen molar-refractivity contribution in [1.82, 2.24) is 5.32 Å². The Bertz CT molecular complexity index is 911. The molecule has 7 nitrogen and oxygen atoms in total. The van der Waals surface area contributed by atoms with Crippen LogP contribution >= 0.6 is 0 Å². The van der Waals surface area contributed by atoms with Crippen molar-refractivity contribution in [1.29, 1.82) is 0 Å². The number of rotatable bonds is 8. The predicted molar refractivity (Wildman–Crippen MR) is 107 cm³/mol. The maximum atomic E-state index is 12.7. The second-order valence-corrected chi connectivity index (χ2v) is 8.14. The summed E-state index contributed by atoms with van der Waals surface area (Å²) < 4.78 is 31.8. The number of hydrogen-bond donors (Lipinski definition) is 1. The van der Waals surface area contributed by atoms with Gasteiger partial charge >= 0.3 is 5.97 Å². The fraction of sp³-hybridized carbons (Fsp3) is 0.300. The molecule has 1 atom stereocenters. The molecule has 2 rings (SSSR count). The van der Waals surface area contributed by atoms with Gasteiger partial charge in [-0.3, -0.25) is 9.10 Å². The first-order chi connectivity index (χ1) is 13.3. The lowest BCUT2D eigenvalue weighted by atomic mass is 10.2. The van der Waals surface area contributed by atoms with E-state index in [1.165, 1.54) is 42.5 Å². The van der Waals surface area contributed by atoms with Gasteiger partial charge in [-0.15, -0.1) is 0 Å². The Hall–Kier alpha value is -2.87. The van der Waals surface area contributed by atoms with Crippen LogP contribution in [0.15, 0.2) is 59.5 Å². The van der Waals surface area contributed by atoms with Crippen LogP contribution in [0.25, 0.3) is 0 Å². The molecule has 2 aromatic carbocycles. The van der Waals surface area contributed by atoms with E-state index in [9.17, 15) is 18.0 Å². The standard InChI is InChI=1S/C20H24N2O5S/c1-4-14-21-19(23)15(2)27-20(24)16-10-12-18(13-11-16)28(25,26)22(3)17-8-6-5-7-9-17/h5-13,15H,4,14H2,1-3H3,(H,21,23)/t15-/m0/s1. The highest BCUT2D eigenvalue weighted by molar-refractivity contribution is 7.92. The van der Waals surface area contributed by atoms with Gasteiger partial charge in [0.25, 0.3) is 15.9 Å². The first-order valence-corrected chi connectivity index (χ1v) is 10.3. The van der Waals surface area contributed by atoms with Gasteiger partial charge in [-0.25, -0.2) is 13.2 Å². The van der Waals surface area contributed by atoms with Crippen molar-refractivity contribution < 1.29 is 22.7 Å². The van der Waals surface area contributed by atoms with E-state index in [2.05, 4.69) is 5.32 Å². The van der Waals surface area contributed by atoms with Gasteiger partial charge in [-0.2, -0.15) is 0 Å². The van der Waals surface area contributed by atoms with Gasteiger partial charge in [-0.05, 0) is 49.7 Å². The zero-order chi connectivity index (χ0) is 20.7. The molecule has 0 unspecified atom stereocenters. The third-order valence-electron chi connectivity index (χ3n) is 4.07. The lowest BCUT2D eigenvalue weighted by Crippen LogP contribution is -2.36. The summed E-state index contributed by atoms with van der Waals surface area (Å²) in [5.74, 6) is -1.07. The Balaban J connectivity index is 2.10. The van der Waals surface area contributed by atoms with Gasteiger partial charge in [0.05, 0.1) is 16.1 Å². The number of carbonyl (C=O) groups excluding carboxylic acids is 2. The highest BCUT2D eigenvalue weighted by Crippen LogP contribution is 2.22. The minimum Gasteiger partial charge on any atom is -0.449 e. The van der Waals surface area contributed by atoms with E-state index in [4.69, 9.17) is 4.74 Å². The number of esters is 1. The number of nitrogens with one attached hydrogen (secondary N) is 1. The molecule has 2 aromatic rings. The van der Waals surface area contributed by atoms with Gasteiger partial charge in [0.1, 0.15) is 0 Å². The number of amides is 1. The van der Waals surface area contributed by atoms with E-state index in [0.29, 0.717) is 12.2 Å². The maximum Gasteiger partial charge on any atom is 0.338 e. The number of hydrogen-bond acceptors (Lipinski definition) is 5. The van der Waals surface area contributed by atoms with Crippen LogP contribution < -0.4 is 9.62 Å². The summed E-state index contributed by atoms with van der Waals surface area (Å²) in [6.07, 6.45) is -0.161. The first-order valence-electron chi connectivity index (χ1n) is 8.90. The van der Waals surface area contributed by atoms with Crippen molar-refractivity contribution in [3.8, 4) is 0 Å². The van der Waals surface area contributed by atoms with Crippen molar-refractivity contribution in [2.24, 2.45) is 0 Å². The average Bonchev–Trinajstić information content (AvgIpc) is 2.71. The molecule has 0 bridgehead atoms. The molecule has 0 saturated heterocycles. The SMILES string of the molecule is CCCNC(=O)[C@H](C)OC(=O)c1ccc(S(=O)(=O)N(C)c2ccccc2)cc1. The van der Waals surface area contributed by atoms with E-state index >= 15 is 0 Å². The molecule has 0 aliphatic rings. The second-order valence-electron chi connectivity index (χ2n) is 6.17. The Morgan fingerprint density at radius 2 is 1.68 bits per heavy atom. The van der Waals surface area contributed by atoms with Gasteiger partial charge in [-0.1, -0.05) is 25.1 Å². The highest BCUT2D eigenvalue weighted by atomic mass is 32.2. The van der Waals surface area contributed by atoms with Crippen LogP contribution in [-0.2, 0) is 19.6 Å². The molecule has 28 heavy (non-hydrogen) atoms. The molecular formula is C20H24N2O5S. The molecule has 8 heteroatoms. The number of ether oxygens (including phenoxy) is 1. The van der Waals surface area contributed by atoms with Gasteiger partial charge in [0.2, 0.25) is 0 Å². The van der Waals surface area contributed by atoms with Crippen molar-refractivity contribution in [3.05, 3.63) is 60.2 Å². The molecule has 0 radical (unpaired) electrons. The van der Waals surface area contributed by atoms with Crippen LogP contribution in [0.3, 0.4) is 0 Å². The van der Waals surface area contributed by atoms with Crippen molar-refractivity contribution in [2.75, 3.05) is 17.9 Å². The molecular weight excluding hydrogens is 380 g/mol. The van der Waals surface area contributed by atoms with Crippen molar-refractivity contribution in [3.63, 3.8) is 0 Å². The molecule has 0 fully saturated rings. The zero-order valence-electron chi connectivity index (χ0n) is 16.1. The molecule has 0 heterocycles. The average molecular weight is 404 g/mol. The number of para-hydroxylation sites is 1. The summed E-state index contributed by atoms with van der Waals surface area (Å²) in [4.78, 5) is 24.0. The summed E-state index contributed by atoms with van der Waals surface area (Å²) in [5.41, 5.74) is 0.689. The maximum absolute atomic E-state index is 12.7. The van der Waals surface area contributed by atoms with Gasteiger partial charge < -0.3 is 10.1 Å². The van der Waals surface area contributed by atoms with Crippen LogP contribution in [0.1, 0.15) is 30.6 Å². The molecule has 1 N–H and O–H groups in total. The predicted octanol–water partition coefficient (Wildman–Crippen LogP) is 2.58. The van der Waals surface area contributed by atoms with Crippen molar-refractivity contribution in [2.45, 2.75) is 31.3 Å². The zero-order valence-corrected chi connectivity index (χ0v) is 16.9. The molecule has 0 saturated carbocycles. The second kappa shape index (κ2) is 9.36. The normalized spacial score (nSPS) is 12.1. The monoisotopic (exact) mass is 404 g/mol. The molecule has 0 aliphatic heterocycles. The van der Waals surface area contributed by atoms with Crippen LogP contribution in [0.2, 0.25) is 0 Å². The smallest absolute Gasteiger partial charge is 0.338 e. The van der Waals surface area contributed by atoms with Crippen LogP contribution in [0.4, 0.5) is 5.69 Å². The number of benzene rings is 2. The van der Waals surface area contributed by atoms with Crippen molar-refractivity contribution >= 4 is 27.6 Å². The fourth-order valence-electron chi connectivity index (χ4n) is 2.37. The number of carbonyl (C=O) groups is 2. The quantitative estimate of drug-likeness (QED) is 0.683. The first kappa shape index (κ1) is 21.4. The summed E-state index contributed by atoms with van der Waals surface area (Å²) in [6, 6.07) is 14.1. The minimum atomic E-state index is -3.76. The summed E-state index contributed by atoms with van der Waals surface area (Å²) >= 11 is 0. The van der Waals surface area contributed by atoms with E-state index < -0.39 is 22.1 Å². The van der Waals surface area contributed by atoms with Crippen LogP contribution in [0.5, 0.6) is 0 Å². The minimum absolute atomic E-state index is 0.0455. The lowest BCUT2D eigenvalue weighted by molar-refractivity contribution is -0.129. The van der Waals surface area contributed by atoms with E-state index in [1.54, 1.807) is 30.3 Å². The summed E-state index contributed by atoms with van der Waals surface area (Å²) in [5, 5.41) is 2.64.